The summed E-state index contributed by atoms with van der Waals surface area (Å²) in [6, 6.07) is 5.32. The molecule has 0 aliphatic rings. The fourth-order valence-corrected chi connectivity index (χ4v) is 2.04. The number of carbonyl (C=O) groups is 1. The summed E-state index contributed by atoms with van der Waals surface area (Å²) in [5.74, 6) is 0.416. The summed E-state index contributed by atoms with van der Waals surface area (Å²) in [7, 11) is 0. The van der Waals surface area contributed by atoms with Crippen LogP contribution < -0.4 is 0 Å². The predicted molar refractivity (Wildman–Crippen MR) is 76.5 cm³/mol. The highest BCUT2D eigenvalue weighted by atomic mass is 127. The Kier molecular flexibility index (Phi) is 5.86. The second-order valence-electron chi connectivity index (χ2n) is 3.20. The van der Waals surface area contributed by atoms with Crippen LogP contribution in [-0.2, 0) is 0 Å². The summed E-state index contributed by atoms with van der Waals surface area (Å²) in [6.07, 6.45) is 0. The largest absolute Gasteiger partial charge is 0.338 e. The average Bonchev–Trinajstić information content (AvgIpc) is 2.28. The minimum atomic E-state index is -0.0264. The molecular formula is C11H12Cl2INO. The van der Waals surface area contributed by atoms with Crippen molar-refractivity contribution >= 4 is 51.7 Å². The van der Waals surface area contributed by atoms with Crippen molar-refractivity contribution in [3.05, 3.63) is 32.4 Å². The van der Waals surface area contributed by atoms with Crippen LogP contribution in [-0.4, -0.2) is 29.8 Å². The number of hydrogen-bond donors (Lipinski definition) is 0. The Morgan fingerprint density at radius 3 is 2.69 bits per heavy atom. The van der Waals surface area contributed by atoms with Crippen LogP contribution >= 0.6 is 45.8 Å². The zero-order valence-electron chi connectivity index (χ0n) is 8.84. The molecule has 0 aliphatic carbocycles. The van der Waals surface area contributed by atoms with Crippen LogP contribution in [0, 0.1) is 3.57 Å². The van der Waals surface area contributed by atoms with Gasteiger partial charge in [0.15, 0.2) is 0 Å². The summed E-state index contributed by atoms with van der Waals surface area (Å²) >= 11 is 13.8. The van der Waals surface area contributed by atoms with Crippen molar-refractivity contribution in [2.24, 2.45) is 0 Å². The molecule has 16 heavy (non-hydrogen) atoms. The predicted octanol–water partition coefficient (Wildman–Crippen LogP) is 3.65. The lowest BCUT2D eigenvalue weighted by Gasteiger charge is -2.19. The third-order valence-corrected chi connectivity index (χ3v) is 3.93. The van der Waals surface area contributed by atoms with Crippen molar-refractivity contribution in [3.8, 4) is 0 Å². The van der Waals surface area contributed by atoms with Crippen LogP contribution in [0.15, 0.2) is 18.2 Å². The van der Waals surface area contributed by atoms with Gasteiger partial charge < -0.3 is 4.90 Å². The molecule has 1 aromatic rings. The third-order valence-electron chi connectivity index (χ3n) is 2.19. The van der Waals surface area contributed by atoms with Gasteiger partial charge in [-0.3, -0.25) is 4.79 Å². The van der Waals surface area contributed by atoms with E-state index in [0.29, 0.717) is 29.6 Å². The molecule has 0 aliphatic heterocycles. The van der Waals surface area contributed by atoms with Crippen molar-refractivity contribution in [3.63, 3.8) is 0 Å². The molecule has 0 radical (unpaired) electrons. The molecule has 1 aromatic carbocycles. The van der Waals surface area contributed by atoms with E-state index in [2.05, 4.69) is 22.6 Å². The summed E-state index contributed by atoms with van der Waals surface area (Å²) in [4.78, 5) is 13.7. The van der Waals surface area contributed by atoms with Crippen molar-refractivity contribution < 1.29 is 4.79 Å². The maximum Gasteiger partial charge on any atom is 0.253 e. The van der Waals surface area contributed by atoms with E-state index in [4.69, 9.17) is 23.2 Å². The number of halogens is 3. The molecule has 5 heteroatoms. The first-order valence-corrected chi connectivity index (χ1v) is 6.89. The topological polar surface area (TPSA) is 20.3 Å². The molecule has 0 unspecified atom stereocenters. The second-order valence-corrected chi connectivity index (χ2v) is 5.15. The fourth-order valence-electron chi connectivity index (χ4n) is 1.32. The van der Waals surface area contributed by atoms with Gasteiger partial charge >= 0.3 is 0 Å². The van der Waals surface area contributed by atoms with Gasteiger partial charge in [0, 0.05) is 28.1 Å². The van der Waals surface area contributed by atoms with E-state index in [1.807, 2.05) is 13.0 Å². The Hall–Kier alpha value is -0.0000000000000000555. The number of alkyl halides is 1. The van der Waals surface area contributed by atoms with Crippen molar-refractivity contribution in [1.82, 2.24) is 4.90 Å². The molecule has 88 valence electrons. The summed E-state index contributed by atoms with van der Waals surface area (Å²) < 4.78 is 0.941. The first-order valence-electron chi connectivity index (χ1n) is 4.90. The number of carbonyl (C=O) groups excluding carboxylic acids is 1. The van der Waals surface area contributed by atoms with Gasteiger partial charge in [-0.25, -0.2) is 0 Å². The monoisotopic (exact) mass is 371 g/mol. The summed E-state index contributed by atoms with van der Waals surface area (Å²) in [5.41, 5.74) is 0.609. The number of nitrogens with zero attached hydrogens (tertiary/aromatic N) is 1. The van der Waals surface area contributed by atoms with E-state index in [0.717, 1.165) is 3.57 Å². The van der Waals surface area contributed by atoms with Gasteiger partial charge in [-0.15, -0.1) is 11.6 Å². The van der Waals surface area contributed by atoms with Gasteiger partial charge in [-0.05, 0) is 47.7 Å². The van der Waals surface area contributed by atoms with E-state index < -0.39 is 0 Å². The van der Waals surface area contributed by atoms with Gasteiger partial charge in [0.05, 0.1) is 5.02 Å². The average molecular weight is 372 g/mol. The minimum absolute atomic E-state index is 0.0264. The van der Waals surface area contributed by atoms with Crippen molar-refractivity contribution in [2.75, 3.05) is 19.0 Å². The lowest BCUT2D eigenvalue weighted by atomic mass is 10.2. The smallest absolute Gasteiger partial charge is 0.253 e. The Morgan fingerprint density at radius 2 is 2.19 bits per heavy atom. The van der Waals surface area contributed by atoms with E-state index in [1.54, 1.807) is 17.0 Å². The fraction of sp³-hybridized carbons (Fsp3) is 0.364. The van der Waals surface area contributed by atoms with E-state index in [9.17, 15) is 4.79 Å². The Balaban J connectivity index is 2.90. The van der Waals surface area contributed by atoms with Crippen LogP contribution in [0.2, 0.25) is 5.02 Å². The highest BCUT2D eigenvalue weighted by Crippen LogP contribution is 2.20. The van der Waals surface area contributed by atoms with Gasteiger partial charge in [0.25, 0.3) is 5.91 Å². The molecule has 0 bridgehead atoms. The molecule has 0 atom stereocenters. The molecular weight excluding hydrogens is 360 g/mol. The maximum atomic E-state index is 12.0. The van der Waals surface area contributed by atoms with E-state index in [-0.39, 0.29) is 5.91 Å². The lowest BCUT2D eigenvalue weighted by Crippen LogP contribution is -2.32. The molecule has 0 saturated heterocycles. The number of benzene rings is 1. The molecule has 1 rings (SSSR count). The van der Waals surface area contributed by atoms with Crippen LogP contribution in [0.1, 0.15) is 17.3 Å². The first kappa shape index (κ1) is 14.1. The van der Waals surface area contributed by atoms with Crippen LogP contribution in [0.25, 0.3) is 0 Å². The van der Waals surface area contributed by atoms with Crippen molar-refractivity contribution in [2.45, 2.75) is 6.92 Å². The van der Waals surface area contributed by atoms with Gasteiger partial charge in [-0.1, -0.05) is 11.6 Å². The highest BCUT2D eigenvalue weighted by molar-refractivity contribution is 14.1. The lowest BCUT2D eigenvalue weighted by molar-refractivity contribution is 0.0774. The molecule has 0 spiro atoms. The maximum absolute atomic E-state index is 12.0. The first-order chi connectivity index (χ1) is 7.60. The van der Waals surface area contributed by atoms with Crippen molar-refractivity contribution in [1.29, 1.82) is 0 Å². The van der Waals surface area contributed by atoms with Crippen LogP contribution in [0.4, 0.5) is 0 Å². The van der Waals surface area contributed by atoms with Crippen LogP contribution in [0.5, 0.6) is 0 Å². The van der Waals surface area contributed by atoms with Gasteiger partial charge in [-0.2, -0.15) is 0 Å². The van der Waals surface area contributed by atoms with E-state index in [1.165, 1.54) is 0 Å². The zero-order chi connectivity index (χ0) is 12.1. The summed E-state index contributed by atoms with van der Waals surface area (Å²) in [5, 5.41) is 0.605. The number of amides is 1. The molecule has 0 fully saturated rings. The zero-order valence-corrected chi connectivity index (χ0v) is 12.5. The number of rotatable bonds is 4. The number of hydrogen-bond acceptors (Lipinski definition) is 1. The Morgan fingerprint density at radius 1 is 1.50 bits per heavy atom. The third kappa shape index (κ3) is 3.50. The molecule has 0 saturated carbocycles. The molecule has 0 heterocycles. The molecule has 0 aromatic heterocycles. The standard InChI is InChI=1S/C11H12Cl2INO/c1-2-15(6-5-12)11(16)8-3-4-10(14)9(13)7-8/h3-4,7H,2,5-6H2,1H3. The minimum Gasteiger partial charge on any atom is -0.338 e. The summed E-state index contributed by atoms with van der Waals surface area (Å²) in [6.45, 7) is 3.13. The second kappa shape index (κ2) is 6.67. The molecule has 0 N–H and O–H groups in total. The molecule has 1 amide bonds. The normalized spacial score (nSPS) is 10.2. The Labute approximate surface area is 119 Å². The van der Waals surface area contributed by atoms with Crippen LogP contribution in [0.3, 0.4) is 0 Å². The Bertz CT molecular complexity index is 384. The van der Waals surface area contributed by atoms with Gasteiger partial charge in [0.2, 0.25) is 0 Å². The van der Waals surface area contributed by atoms with E-state index >= 15 is 0 Å². The van der Waals surface area contributed by atoms with Gasteiger partial charge in [0.1, 0.15) is 0 Å². The highest BCUT2D eigenvalue weighted by Gasteiger charge is 2.14. The molecule has 2 nitrogen and oxygen atoms in total. The quantitative estimate of drug-likeness (QED) is 0.584. The SMILES string of the molecule is CCN(CCCl)C(=O)c1ccc(I)c(Cl)c1.